The van der Waals surface area contributed by atoms with Gasteiger partial charge in [0.1, 0.15) is 23.7 Å². The van der Waals surface area contributed by atoms with Crippen LogP contribution in [0.4, 0.5) is 16.2 Å². The van der Waals surface area contributed by atoms with Gasteiger partial charge in [-0.3, -0.25) is 14.3 Å². The second-order valence-electron chi connectivity index (χ2n) is 11.8. The first-order chi connectivity index (χ1) is 21.8. The van der Waals surface area contributed by atoms with Crippen molar-refractivity contribution in [3.8, 4) is 16.9 Å². The number of aromatic nitrogens is 3. The van der Waals surface area contributed by atoms with E-state index >= 15 is 0 Å². The molecule has 5 aromatic rings. The maximum absolute atomic E-state index is 14.3. The molecule has 0 saturated carbocycles. The summed E-state index contributed by atoms with van der Waals surface area (Å²) in [7, 11) is 0. The van der Waals surface area contributed by atoms with Crippen LogP contribution in [-0.4, -0.2) is 20.6 Å². The Balaban J connectivity index is 1.61. The average Bonchev–Trinajstić information content (AvgIpc) is 3.04. The largest absolute Gasteiger partial charge is 0.487 e. The molecule has 2 amide bonds. The highest BCUT2D eigenvalue weighted by Crippen LogP contribution is 2.36. The van der Waals surface area contributed by atoms with Gasteiger partial charge in [-0.1, -0.05) is 77.4 Å². The summed E-state index contributed by atoms with van der Waals surface area (Å²) in [5.41, 5.74) is 5.44. The Hall–Kier alpha value is -4.98. The number of nitrogens with zero attached hydrogens (tertiary/aromatic N) is 3. The Labute approximate surface area is 264 Å². The highest BCUT2D eigenvalue weighted by atomic mass is 16.5. The predicted molar refractivity (Wildman–Crippen MR) is 182 cm³/mol. The summed E-state index contributed by atoms with van der Waals surface area (Å²) in [5, 5.41) is 6.85. The number of ether oxygens (including phenoxy) is 1. The highest BCUT2D eigenvalue weighted by molar-refractivity contribution is 6.07. The van der Waals surface area contributed by atoms with Crippen molar-refractivity contribution < 1.29 is 9.53 Å². The van der Waals surface area contributed by atoms with Crippen LogP contribution in [0.2, 0.25) is 0 Å². The molecular weight excluding hydrogens is 562 g/mol. The van der Waals surface area contributed by atoms with Crippen molar-refractivity contribution in [3.05, 3.63) is 112 Å². The number of pyridine rings is 3. The third-order valence-corrected chi connectivity index (χ3v) is 7.84. The molecule has 2 aromatic carbocycles. The lowest BCUT2D eigenvalue weighted by Crippen LogP contribution is -2.30. The van der Waals surface area contributed by atoms with Crippen molar-refractivity contribution in [1.29, 1.82) is 0 Å². The van der Waals surface area contributed by atoms with Crippen molar-refractivity contribution in [3.63, 3.8) is 0 Å². The van der Waals surface area contributed by atoms with Crippen LogP contribution in [0, 0.1) is 0 Å². The van der Waals surface area contributed by atoms with Crippen LogP contribution in [0.5, 0.6) is 5.75 Å². The van der Waals surface area contributed by atoms with Gasteiger partial charge < -0.3 is 15.4 Å². The lowest BCUT2D eigenvalue weighted by atomic mass is 9.93. The molecule has 5 rings (SSSR count). The van der Waals surface area contributed by atoms with Crippen LogP contribution < -0.4 is 20.9 Å². The van der Waals surface area contributed by atoms with Crippen LogP contribution in [-0.2, 0) is 13.2 Å². The van der Waals surface area contributed by atoms with Gasteiger partial charge in [0.05, 0.1) is 5.69 Å². The minimum Gasteiger partial charge on any atom is -0.487 e. The Bertz CT molecular complexity index is 1820. The number of benzene rings is 2. The van der Waals surface area contributed by atoms with Gasteiger partial charge in [0, 0.05) is 35.6 Å². The molecule has 8 nitrogen and oxygen atoms in total. The number of carbonyl (C=O) groups is 1. The molecule has 0 bridgehead atoms. The predicted octanol–water partition coefficient (Wildman–Crippen LogP) is 8.73. The van der Waals surface area contributed by atoms with Crippen LogP contribution in [0.3, 0.4) is 0 Å². The molecule has 0 aliphatic heterocycles. The lowest BCUT2D eigenvalue weighted by molar-refractivity contribution is 0.262. The molecule has 0 fully saturated rings. The van der Waals surface area contributed by atoms with E-state index in [2.05, 4.69) is 55.2 Å². The molecule has 0 aliphatic carbocycles. The molecule has 0 spiro atoms. The topological polar surface area (TPSA) is 98.1 Å². The molecule has 0 unspecified atom stereocenters. The summed E-state index contributed by atoms with van der Waals surface area (Å²) in [4.78, 5) is 37.1. The van der Waals surface area contributed by atoms with E-state index in [1.807, 2.05) is 72.8 Å². The average molecular weight is 604 g/mol. The molecule has 0 saturated heterocycles. The number of carbonyl (C=O) groups excluding carboxylic acids is 1. The summed E-state index contributed by atoms with van der Waals surface area (Å²) in [6.07, 6.45) is 5.13. The van der Waals surface area contributed by atoms with Crippen LogP contribution in [0.15, 0.2) is 90.0 Å². The van der Waals surface area contributed by atoms with Crippen molar-refractivity contribution >= 4 is 28.4 Å². The number of amides is 2. The van der Waals surface area contributed by atoms with Gasteiger partial charge in [-0.2, -0.15) is 0 Å². The summed E-state index contributed by atoms with van der Waals surface area (Å²) >= 11 is 0. The van der Waals surface area contributed by atoms with Crippen LogP contribution in [0.25, 0.3) is 22.2 Å². The van der Waals surface area contributed by atoms with E-state index in [1.54, 1.807) is 17.0 Å². The third kappa shape index (κ3) is 7.06. The number of unbranched alkanes of at least 4 members (excludes halogenated alkanes) is 1. The van der Waals surface area contributed by atoms with E-state index in [4.69, 9.17) is 4.74 Å². The lowest BCUT2D eigenvalue weighted by Gasteiger charge is -2.22. The van der Waals surface area contributed by atoms with E-state index in [0.29, 0.717) is 30.1 Å². The van der Waals surface area contributed by atoms with Gasteiger partial charge in [-0.25, -0.2) is 9.78 Å². The number of anilines is 2. The Morgan fingerprint density at radius 1 is 0.844 bits per heavy atom. The van der Waals surface area contributed by atoms with Crippen molar-refractivity contribution in [1.82, 2.24) is 14.5 Å². The number of hydrogen-bond donors (Lipinski definition) is 2. The quantitative estimate of drug-likeness (QED) is 0.157. The Kier molecular flexibility index (Phi) is 9.92. The van der Waals surface area contributed by atoms with E-state index in [-0.39, 0.29) is 23.1 Å². The van der Waals surface area contributed by atoms with Gasteiger partial charge >= 0.3 is 6.03 Å². The van der Waals surface area contributed by atoms with Crippen molar-refractivity contribution in [2.45, 2.75) is 72.4 Å². The zero-order valence-electron chi connectivity index (χ0n) is 26.6. The van der Waals surface area contributed by atoms with Gasteiger partial charge in [-0.15, -0.1) is 0 Å². The first-order valence-corrected chi connectivity index (χ1v) is 15.6. The Morgan fingerprint density at radius 2 is 1.56 bits per heavy atom. The van der Waals surface area contributed by atoms with Crippen molar-refractivity contribution in [2.24, 2.45) is 0 Å². The number of nitrogens with one attached hydrogen (secondary N) is 2. The molecule has 3 heterocycles. The summed E-state index contributed by atoms with van der Waals surface area (Å²) in [6.45, 7) is 11.3. The third-order valence-electron chi connectivity index (χ3n) is 7.84. The van der Waals surface area contributed by atoms with Gasteiger partial charge in [0.15, 0.2) is 0 Å². The molecule has 2 N–H and O–H groups in total. The number of fused-ring (bicyclic) bond motifs is 1. The van der Waals surface area contributed by atoms with Gasteiger partial charge in [0.25, 0.3) is 5.56 Å². The fourth-order valence-electron chi connectivity index (χ4n) is 5.56. The number of para-hydroxylation sites is 1. The normalized spacial score (nSPS) is 11.3. The van der Waals surface area contributed by atoms with E-state index in [9.17, 15) is 9.59 Å². The maximum Gasteiger partial charge on any atom is 0.323 e. The second-order valence-corrected chi connectivity index (χ2v) is 11.8. The number of rotatable bonds is 11. The number of urea groups is 1. The zero-order valence-corrected chi connectivity index (χ0v) is 26.6. The highest BCUT2D eigenvalue weighted by Gasteiger charge is 2.23. The van der Waals surface area contributed by atoms with Gasteiger partial charge in [-0.05, 0) is 71.3 Å². The zero-order chi connectivity index (χ0) is 31.9. The molecule has 3 aromatic heterocycles. The van der Waals surface area contributed by atoms with Crippen molar-refractivity contribution in [2.75, 3.05) is 10.6 Å². The molecular formula is C37H41N5O3. The van der Waals surface area contributed by atoms with Crippen LogP contribution in [0.1, 0.15) is 76.1 Å². The summed E-state index contributed by atoms with van der Waals surface area (Å²) in [6, 6.07) is 22.6. The van der Waals surface area contributed by atoms with Gasteiger partial charge in [0.2, 0.25) is 0 Å². The van der Waals surface area contributed by atoms with Crippen LogP contribution >= 0.6 is 0 Å². The molecule has 45 heavy (non-hydrogen) atoms. The molecule has 0 aliphatic rings. The minimum atomic E-state index is -0.476. The molecule has 0 atom stereocenters. The monoisotopic (exact) mass is 603 g/mol. The first-order valence-electron chi connectivity index (χ1n) is 15.6. The smallest absolute Gasteiger partial charge is 0.323 e. The molecule has 232 valence electrons. The maximum atomic E-state index is 14.3. The fourth-order valence-corrected chi connectivity index (χ4v) is 5.56. The minimum absolute atomic E-state index is 0.194. The molecule has 0 radical (unpaired) electrons. The Morgan fingerprint density at radius 3 is 2.24 bits per heavy atom. The fraction of sp³-hybridized carbons (Fsp3) is 0.297. The standard InChI is InChI=1S/C37H41N5O3/c1-6-7-21-42-35-31(18-12-20-39-35)32(26-13-10-15-28(22-26)45-23-27-14-8-9-19-38-27)34(36(42)43)41-37(44)40-33-29(24(2)3)16-11-17-30(33)25(4)5/h8-20,22,24-25H,6-7,21,23H2,1-5H3,(H2,40,41,44). The van der Waals surface area contributed by atoms with E-state index in [1.165, 1.54) is 0 Å². The first kappa shape index (κ1) is 31.4. The molecule has 8 heteroatoms. The van der Waals surface area contributed by atoms with E-state index in [0.717, 1.165) is 46.3 Å². The summed E-state index contributed by atoms with van der Waals surface area (Å²) < 4.78 is 7.75. The second kappa shape index (κ2) is 14.2. The number of hydrogen-bond acceptors (Lipinski definition) is 5. The number of aryl methyl sites for hydroxylation is 1. The summed E-state index contributed by atoms with van der Waals surface area (Å²) in [5.74, 6) is 1.01. The SMILES string of the molecule is CCCCn1c(=O)c(NC(=O)Nc2c(C(C)C)cccc2C(C)C)c(-c2cccc(OCc3ccccn3)c2)c2cccnc21. The van der Waals surface area contributed by atoms with E-state index < -0.39 is 6.03 Å².